The van der Waals surface area contributed by atoms with Gasteiger partial charge in [0, 0.05) is 13.0 Å². The molecule has 2 aliphatic heterocycles. The molecule has 1 N–H and O–H groups in total. The second kappa shape index (κ2) is 8.16. The number of urea groups is 1. The molecule has 2 atom stereocenters. The number of hydrogen-bond donors (Lipinski definition) is 1. The molecule has 154 valence electrons. The molecular formula is C23H24N4O2S. The molecule has 0 aliphatic carbocycles. The van der Waals surface area contributed by atoms with E-state index < -0.39 is 6.04 Å². The SMILES string of the molecule is O=C1NC(Cc2ccccc2)C(=O)N1CN1CCCCC1c1nc2ccccc2s1. The average molecular weight is 421 g/mol. The van der Waals surface area contributed by atoms with Gasteiger partial charge in [0.1, 0.15) is 11.0 Å². The van der Waals surface area contributed by atoms with E-state index in [1.807, 2.05) is 48.5 Å². The Morgan fingerprint density at radius 2 is 1.83 bits per heavy atom. The molecular weight excluding hydrogens is 396 g/mol. The molecule has 3 heterocycles. The predicted octanol–water partition coefficient (Wildman–Crippen LogP) is 3.94. The number of nitrogens with zero attached hydrogens (tertiary/aromatic N) is 3. The second-order valence-electron chi connectivity index (χ2n) is 7.94. The molecule has 3 aromatic rings. The predicted molar refractivity (Wildman–Crippen MR) is 117 cm³/mol. The van der Waals surface area contributed by atoms with Crippen molar-refractivity contribution in [3.05, 3.63) is 65.2 Å². The summed E-state index contributed by atoms with van der Waals surface area (Å²) in [6.45, 7) is 1.18. The monoisotopic (exact) mass is 420 g/mol. The third kappa shape index (κ3) is 3.70. The number of carbonyl (C=O) groups is 2. The first-order valence-corrected chi connectivity index (χ1v) is 11.3. The molecule has 2 saturated heterocycles. The smallest absolute Gasteiger partial charge is 0.325 e. The first-order valence-electron chi connectivity index (χ1n) is 10.4. The van der Waals surface area contributed by atoms with E-state index in [2.05, 4.69) is 16.3 Å². The zero-order valence-electron chi connectivity index (χ0n) is 16.7. The van der Waals surface area contributed by atoms with Gasteiger partial charge in [-0.25, -0.2) is 14.7 Å². The normalized spacial score (nSPS) is 22.6. The molecule has 6 nitrogen and oxygen atoms in total. The van der Waals surface area contributed by atoms with Crippen molar-refractivity contribution >= 4 is 33.5 Å². The van der Waals surface area contributed by atoms with Crippen LogP contribution in [0.2, 0.25) is 0 Å². The molecule has 1 aromatic heterocycles. The van der Waals surface area contributed by atoms with E-state index in [1.165, 1.54) is 9.60 Å². The lowest BCUT2D eigenvalue weighted by atomic mass is 10.0. The van der Waals surface area contributed by atoms with Gasteiger partial charge in [-0.05, 0) is 30.5 Å². The molecule has 3 amide bonds. The van der Waals surface area contributed by atoms with E-state index in [0.717, 1.165) is 41.9 Å². The second-order valence-corrected chi connectivity index (χ2v) is 9.01. The Balaban J connectivity index is 1.33. The van der Waals surface area contributed by atoms with Gasteiger partial charge in [0.2, 0.25) is 0 Å². The molecule has 2 fully saturated rings. The highest BCUT2D eigenvalue weighted by Gasteiger charge is 2.40. The third-order valence-corrected chi connectivity index (χ3v) is 7.06. The fourth-order valence-corrected chi connectivity index (χ4v) is 5.49. The summed E-state index contributed by atoms with van der Waals surface area (Å²) in [7, 11) is 0. The van der Waals surface area contributed by atoms with Crippen molar-refractivity contribution < 1.29 is 9.59 Å². The number of hydrogen-bond acceptors (Lipinski definition) is 5. The molecule has 0 bridgehead atoms. The number of rotatable bonds is 5. The van der Waals surface area contributed by atoms with Gasteiger partial charge in [0.05, 0.1) is 22.9 Å². The maximum absolute atomic E-state index is 13.0. The van der Waals surface area contributed by atoms with Gasteiger partial charge < -0.3 is 5.32 Å². The van der Waals surface area contributed by atoms with Crippen LogP contribution in [0.25, 0.3) is 10.2 Å². The molecule has 2 aromatic carbocycles. The van der Waals surface area contributed by atoms with Crippen molar-refractivity contribution in [3.63, 3.8) is 0 Å². The number of likely N-dealkylation sites (tertiary alicyclic amines) is 1. The van der Waals surface area contributed by atoms with E-state index >= 15 is 0 Å². The van der Waals surface area contributed by atoms with E-state index in [0.29, 0.717) is 13.1 Å². The number of thiazole rings is 1. The maximum atomic E-state index is 13.0. The quantitative estimate of drug-likeness (QED) is 0.635. The minimum Gasteiger partial charge on any atom is -0.325 e. The van der Waals surface area contributed by atoms with E-state index in [4.69, 9.17) is 4.98 Å². The number of fused-ring (bicyclic) bond motifs is 1. The Labute approximate surface area is 179 Å². The van der Waals surface area contributed by atoms with E-state index in [-0.39, 0.29) is 18.0 Å². The van der Waals surface area contributed by atoms with Crippen LogP contribution < -0.4 is 5.32 Å². The van der Waals surface area contributed by atoms with Gasteiger partial charge in [0.25, 0.3) is 5.91 Å². The van der Waals surface area contributed by atoms with Crippen molar-refractivity contribution in [2.75, 3.05) is 13.2 Å². The van der Waals surface area contributed by atoms with Crippen LogP contribution in [0, 0.1) is 0 Å². The number of piperidine rings is 1. The Bertz CT molecular complexity index is 1030. The third-order valence-electron chi connectivity index (χ3n) is 5.92. The van der Waals surface area contributed by atoms with Crippen molar-refractivity contribution in [1.82, 2.24) is 20.1 Å². The van der Waals surface area contributed by atoms with Crippen LogP contribution in [0.15, 0.2) is 54.6 Å². The van der Waals surface area contributed by atoms with Gasteiger partial charge >= 0.3 is 6.03 Å². The highest BCUT2D eigenvalue weighted by Crippen LogP contribution is 2.35. The zero-order chi connectivity index (χ0) is 20.5. The Morgan fingerprint density at radius 3 is 2.67 bits per heavy atom. The lowest BCUT2D eigenvalue weighted by Crippen LogP contribution is -2.45. The lowest BCUT2D eigenvalue weighted by molar-refractivity contribution is -0.129. The maximum Gasteiger partial charge on any atom is 0.325 e. The van der Waals surface area contributed by atoms with Gasteiger partial charge in [-0.2, -0.15) is 0 Å². The number of amides is 3. The summed E-state index contributed by atoms with van der Waals surface area (Å²) in [6, 6.07) is 17.3. The number of imide groups is 1. The Hall–Kier alpha value is -2.77. The van der Waals surface area contributed by atoms with Crippen molar-refractivity contribution in [2.45, 2.75) is 37.8 Å². The number of aromatic nitrogens is 1. The van der Waals surface area contributed by atoms with Crippen molar-refractivity contribution in [1.29, 1.82) is 0 Å². The van der Waals surface area contributed by atoms with E-state index in [1.54, 1.807) is 11.3 Å². The minimum absolute atomic E-state index is 0.141. The van der Waals surface area contributed by atoms with Crippen LogP contribution >= 0.6 is 11.3 Å². The summed E-state index contributed by atoms with van der Waals surface area (Å²) in [5.74, 6) is -0.141. The summed E-state index contributed by atoms with van der Waals surface area (Å²) in [5, 5.41) is 3.94. The fraction of sp³-hybridized carbons (Fsp3) is 0.348. The van der Waals surface area contributed by atoms with Crippen LogP contribution in [0.3, 0.4) is 0 Å². The number of carbonyl (C=O) groups excluding carboxylic acids is 2. The lowest BCUT2D eigenvalue weighted by Gasteiger charge is -2.36. The van der Waals surface area contributed by atoms with Crippen LogP contribution in [0.5, 0.6) is 0 Å². The van der Waals surface area contributed by atoms with Gasteiger partial charge in [-0.15, -0.1) is 11.3 Å². The fourth-order valence-electron chi connectivity index (χ4n) is 4.35. The summed E-state index contributed by atoms with van der Waals surface area (Å²) in [4.78, 5) is 34.0. The zero-order valence-corrected chi connectivity index (χ0v) is 17.5. The van der Waals surface area contributed by atoms with Crippen LogP contribution in [-0.4, -0.2) is 46.0 Å². The number of para-hydroxylation sites is 1. The first kappa shape index (κ1) is 19.2. The summed E-state index contributed by atoms with van der Waals surface area (Å²) in [5.41, 5.74) is 2.06. The summed E-state index contributed by atoms with van der Waals surface area (Å²) < 4.78 is 1.18. The standard InChI is InChI=1S/C23H24N4O2S/c28-22-18(14-16-8-2-1-3-9-16)25-23(29)27(22)15-26-13-7-6-11-19(26)21-24-17-10-4-5-12-20(17)30-21/h1-5,8-10,12,18-19H,6-7,11,13-15H2,(H,25,29). The van der Waals surface area contributed by atoms with Gasteiger partial charge in [-0.3, -0.25) is 9.69 Å². The largest absolute Gasteiger partial charge is 0.325 e. The van der Waals surface area contributed by atoms with Gasteiger partial charge in [0.15, 0.2) is 0 Å². The average Bonchev–Trinajstić information content (AvgIpc) is 3.31. The summed E-state index contributed by atoms with van der Waals surface area (Å²) >= 11 is 1.71. The Morgan fingerprint density at radius 1 is 1.03 bits per heavy atom. The highest BCUT2D eigenvalue weighted by atomic mass is 32.1. The van der Waals surface area contributed by atoms with Crippen LogP contribution in [0.1, 0.15) is 35.9 Å². The van der Waals surface area contributed by atoms with Crippen LogP contribution in [0.4, 0.5) is 4.79 Å². The molecule has 30 heavy (non-hydrogen) atoms. The summed E-state index contributed by atoms with van der Waals surface area (Å²) in [6.07, 6.45) is 3.71. The van der Waals surface area contributed by atoms with E-state index in [9.17, 15) is 9.59 Å². The molecule has 7 heteroatoms. The molecule has 2 aliphatic rings. The molecule has 2 unspecified atom stereocenters. The van der Waals surface area contributed by atoms with Crippen LogP contribution in [-0.2, 0) is 11.2 Å². The van der Waals surface area contributed by atoms with Crippen molar-refractivity contribution in [2.24, 2.45) is 0 Å². The molecule has 0 saturated carbocycles. The molecule has 0 radical (unpaired) electrons. The Kier molecular flexibility index (Phi) is 5.23. The highest BCUT2D eigenvalue weighted by molar-refractivity contribution is 7.18. The van der Waals surface area contributed by atoms with Crippen molar-refractivity contribution in [3.8, 4) is 0 Å². The molecule has 0 spiro atoms. The topological polar surface area (TPSA) is 65.5 Å². The minimum atomic E-state index is -0.495. The number of nitrogens with one attached hydrogen (secondary N) is 1. The van der Waals surface area contributed by atoms with Gasteiger partial charge in [-0.1, -0.05) is 48.9 Å². The molecule has 5 rings (SSSR count). The number of benzene rings is 2. The first-order chi connectivity index (χ1) is 14.7.